The molecule has 4 N–H and O–H groups in total. The molecule has 0 aliphatic heterocycles. The van der Waals surface area contributed by atoms with Crippen LogP contribution in [0.5, 0.6) is 0 Å². The number of alkyl halides is 1. The third-order valence-electron chi connectivity index (χ3n) is 4.52. The maximum atomic E-state index is 11.9. The van der Waals surface area contributed by atoms with Crippen molar-refractivity contribution in [2.45, 2.75) is 18.9 Å². The minimum Gasteiger partial charge on any atom is -0.478 e. The van der Waals surface area contributed by atoms with E-state index < -0.39 is 64.5 Å². The molecule has 0 aliphatic carbocycles. The SMILES string of the molecule is O=C(OCCl)OC(Cc1cccc(C(=O)O)c1C(=O)O)Cc1cccc(C(=O)O)c1C(=O)O. The lowest BCUT2D eigenvalue weighted by atomic mass is 9.92. The van der Waals surface area contributed by atoms with Crippen molar-refractivity contribution in [1.82, 2.24) is 0 Å². The van der Waals surface area contributed by atoms with Gasteiger partial charge in [-0.1, -0.05) is 35.9 Å². The van der Waals surface area contributed by atoms with Crippen LogP contribution in [0.15, 0.2) is 36.4 Å². The van der Waals surface area contributed by atoms with Gasteiger partial charge in [0.25, 0.3) is 0 Å². The Hall–Kier alpha value is -4.12. The third-order valence-corrected chi connectivity index (χ3v) is 4.63. The van der Waals surface area contributed by atoms with E-state index in [1.54, 1.807) is 0 Å². The molecule has 0 spiro atoms. The summed E-state index contributed by atoms with van der Waals surface area (Å²) in [5, 5.41) is 37.6. The standard InChI is InChI=1S/C21H17ClO11/c22-9-32-21(31)33-12(7-10-3-1-5-13(17(23)24)15(10)19(27)28)8-11-4-2-6-14(18(25)26)16(11)20(29)30/h1-6,12H,7-9H2,(H,23,24)(H,25,26)(H,27,28)(H,29,30). The van der Waals surface area contributed by atoms with Gasteiger partial charge in [0.15, 0.2) is 6.07 Å². The van der Waals surface area contributed by atoms with Crippen LogP contribution in [0.3, 0.4) is 0 Å². The Morgan fingerprint density at radius 3 is 1.48 bits per heavy atom. The summed E-state index contributed by atoms with van der Waals surface area (Å²) in [6.07, 6.45) is -3.20. The van der Waals surface area contributed by atoms with E-state index >= 15 is 0 Å². The molecule has 11 nitrogen and oxygen atoms in total. The summed E-state index contributed by atoms with van der Waals surface area (Å²) < 4.78 is 9.65. The van der Waals surface area contributed by atoms with Crippen LogP contribution in [-0.4, -0.2) is 62.6 Å². The smallest absolute Gasteiger partial charge is 0.478 e. The number of carboxylic acids is 4. The molecule has 0 aliphatic rings. The summed E-state index contributed by atoms with van der Waals surface area (Å²) in [4.78, 5) is 58.2. The van der Waals surface area contributed by atoms with Crippen molar-refractivity contribution in [2.75, 3.05) is 6.07 Å². The normalized spacial score (nSPS) is 10.5. The topological polar surface area (TPSA) is 185 Å². The largest absolute Gasteiger partial charge is 0.509 e. The molecule has 0 aromatic heterocycles. The van der Waals surface area contributed by atoms with E-state index in [1.165, 1.54) is 24.3 Å². The molecule has 0 atom stereocenters. The number of carboxylic acid groups (broad SMARTS) is 4. The number of rotatable bonds is 10. The molecule has 2 aromatic rings. The van der Waals surface area contributed by atoms with Gasteiger partial charge in [0.1, 0.15) is 6.10 Å². The van der Waals surface area contributed by atoms with Crippen molar-refractivity contribution in [3.8, 4) is 0 Å². The number of ether oxygens (including phenoxy) is 2. The van der Waals surface area contributed by atoms with Crippen LogP contribution in [0.2, 0.25) is 0 Å². The molecule has 0 radical (unpaired) electrons. The zero-order valence-corrected chi connectivity index (χ0v) is 17.4. The Kier molecular flexibility index (Phi) is 8.35. The summed E-state index contributed by atoms with van der Waals surface area (Å²) in [6, 6.07) is 6.84. The maximum Gasteiger partial charge on any atom is 0.509 e. The highest BCUT2D eigenvalue weighted by Gasteiger charge is 2.27. The Morgan fingerprint density at radius 1 is 0.727 bits per heavy atom. The predicted molar refractivity (Wildman–Crippen MR) is 110 cm³/mol. The molecule has 33 heavy (non-hydrogen) atoms. The van der Waals surface area contributed by atoms with Crippen molar-refractivity contribution in [2.24, 2.45) is 0 Å². The molecule has 0 amide bonds. The van der Waals surface area contributed by atoms with Crippen molar-refractivity contribution in [3.05, 3.63) is 69.8 Å². The zero-order chi connectivity index (χ0) is 24.7. The first kappa shape index (κ1) is 25.1. The number of carbonyl (C=O) groups is 5. The zero-order valence-electron chi connectivity index (χ0n) is 16.7. The second-order valence-electron chi connectivity index (χ2n) is 6.55. The number of hydrogen-bond donors (Lipinski definition) is 4. The van der Waals surface area contributed by atoms with Gasteiger partial charge in [-0.3, -0.25) is 0 Å². The highest BCUT2D eigenvalue weighted by Crippen LogP contribution is 2.23. The first-order valence-electron chi connectivity index (χ1n) is 9.13. The molecule has 0 bridgehead atoms. The number of halogens is 1. The fourth-order valence-electron chi connectivity index (χ4n) is 3.26. The summed E-state index contributed by atoms with van der Waals surface area (Å²) in [6.45, 7) is 0. The van der Waals surface area contributed by atoms with Crippen LogP contribution in [-0.2, 0) is 22.3 Å². The minimum absolute atomic E-state index is 0.0164. The number of carbonyl (C=O) groups excluding carboxylic acids is 1. The monoisotopic (exact) mass is 480 g/mol. The lowest BCUT2D eigenvalue weighted by molar-refractivity contribution is 0.0330. The molecule has 0 heterocycles. The number of hydrogen-bond acceptors (Lipinski definition) is 7. The fraction of sp³-hybridized carbons (Fsp3) is 0.190. The molecule has 0 saturated heterocycles. The highest BCUT2D eigenvalue weighted by molar-refractivity contribution is 6.17. The van der Waals surface area contributed by atoms with E-state index in [0.717, 1.165) is 12.1 Å². The second kappa shape index (κ2) is 11.0. The van der Waals surface area contributed by atoms with Crippen molar-refractivity contribution < 1.29 is 53.9 Å². The van der Waals surface area contributed by atoms with Gasteiger partial charge in [-0.15, -0.1) is 0 Å². The second-order valence-corrected chi connectivity index (χ2v) is 6.77. The van der Waals surface area contributed by atoms with Crippen LogP contribution in [0.25, 0.3) is 0 Å². The lowest BCUT2D eigenvalue weighted by Crippen LogP contribution is -2.26. The van der Waals surface area contributed by atoms with Gasteiger partial charge in [-0.05, 0) is 23.3 Å². The van der Waals surface area contributed by atoms with E-state index in [4.69, 9.17) is 16.3 Å². The molecule has 0 fully saturated rings. The maximum absolute atomic E-state index is 11.9. The summed E-state index contributed by atoms with van der Waals surface area (Å²) >= 11 is 5.34. The van der Waals surface area contributed by atoms with E-state index in [9.17, 15) is 44.4 Å². The van der Waals surface area contributed by atoms with Crippen LogP contribution < -0.4 is 0 Å². The Balaban J connectivity index is 2.54. The van der Waals surface area contributed by atoms with Gasteiger partial charge < -0.3 is 29.9 Å². The third kappa shape index (κ3) is 6.20. The van der Waals surface area contributed by atoms with E-state index in [0.29, 0.717) is 0 Å². The van der Waals surface area contributed by atoms with Crippen molar-refractivity contribution >= 4 is 41.6 Å². The molecule has 2 rings (SSSR count). The van der Waals surface area contributed by atoms with Gasteiger partial charge in [-0.2, -0.15) is 0 Å². The van der Waals surface area contributed by atoms with E-state index in [-0.39, 0.29) is 24.0 Å². The molecular formula is C21H17ClO11. The Bertz CT molecular complexity index is 1030. The molecule has 174 valence electrons. The molecule has 0 saturated carbocycles. The van der Waals surface area contributed by atoms with Crippen LogP contribution in [0, 0.1) is 0 Å². The van der Waals surface area contributed by atoms with Crippen molar-refractivity contribution in [1.29, 1.82) is 0 Å². The van der Waals surface area contributed by atoms with Gasteiger partial charge in [0.05, 0.1) is 22.3 Å². The fourth-order valence-corrected chi connectivity index (χ4v) is 3.35. The summed E-state index contributed by atoms with van der Waals surface area (Å²) in [5.41, 5.74) is -2.11. The minimum atomic E-state index is -1.54. The molecule has 0 unspecified atom stereocenters. The summed E-state index contributed by atoms with van der Waals surface area (Å²) in [7, 11) is 0. The average Bonchev–Trinajstić information content (AvgIpc) is 2.72. The van der Waals surface area contributed by atoms with E-state index in [2.05, 4.69) is 4.74 Å². The van der Waals surface area contributed by atoms with Crippen LogP contribution >= 0.6 is 11.6 Å². The number of aromatic carboxylic acids is 4. The average molecular weight is 481 g/mol. The summed E-state index contributed by atoms with van der Waals surface area (Å²) in [5.74, 6) is -6.06. The van der Waals surface area contributed by atoms with Crippen LogP contribution in [0.4, 0.5) is 4.79 Å². The van der Waals surface area contributed by atoms with E-state index in [1.807, 2.05) is 0 Å². The predicted octanol–water partition coefficient (Wildman–Crippen LogP) is 2.98. The van der Waals surface area contributed by atoms with Gasteiger partial charge >= 0.3 is 30.0 Å². The Labute approximate surface area is 190 Å². The molecule has 12 heteroatoms. The van der Waals surface area contributed by atoms with Crippen LogP contribution in [0.1, 0.15) is 52.6 Å². The first-order chi connectivity index (χ1) is 15.6. The molecule has 2 aromatic carbocycles. The first-order valence-corrected chi connectivity index (χ1v) is 9.66. The highest BCUT2D eigenvalue weighted by atomic mass is 35.5. The number of benzene rings is 2. The molecular weight excluding hydrogens is 464 g/mol. The Morgan fingerprint density at radius 2 is 1.15 bits per heavy atom. The van der Waals surface area contributed by atoms with Gasteiger partial charge in [0.2, 0.25) is 0 Å². The van der Waals surface area contributed by atoms with Crippen molar-refractivity contribution in [3.63, 3.8) is 0 Å². The van der Waals surface area contributed by atoms with Gasteiger partial charge in [-0.25, -0.2) is 24.0 Å². The quantitative estimate of drug-likeness (QED) is 0.289. The van der Waals surface area contributed by atoms with Gasteiger partial charge in [0, 0.05) is 12.8 Å². The lowest BCUT2D eigenvalue weighted by Gasteiger charge is -2.20.